The summed E-state index contributed by atoms with van der Waals surface area (Å²) in [5, 5.41) is 0. The third-order valence-electron chi connectivity index (χ3n) is 4.99. The zero-order valence-corrected chi connectivity index (χ0v) is 17.2. The minimum Gasteiger partial charge on any atom is -0.496 e. The van der Waals surface area contributed by atoms with E-state index < -0.39 is 0 Å². The van der Waals surface area contributed by atoms with E-state index in [-0.39, 0.29) is 5.60 Å². The molecule has 1 aliphatic rings. The van der Waals surface area contributed by atoms with Crippen LogP contribution in [-0.2, 0) is 11.3 Å². The molecule has 1 aliphatic heterocycles. The van der Waals surface area contributed by atoms with Gasteiger partial charge in [0.2, 0.25) is 0 Å². The molecule has 2 rings (SSSR count). The fourth-order valence-corrected chi connectivity index (χ4v) is 4.15. The molecule has 142 valence electrons. The van der Waals surface area contributed by atoms with Gasteiger partial charge in [-0.25, -0.2) is 0 Å². The first-order valence-corrected chi connectivity index (χ1v) is 9.90. The molecule has 0 atom stereocenters. The number of thioether (sulfide) groups is 1. The first-order chi connectivity index (χ1) is 12.0. The van der Waals surface area contributed by atoms with Crippen molar-refractivity contribution >= 4 is 11.8 Å². The molecule has 0 unspecified atom stereocenters. The summed E-state index contributed by atoms with van der Waals surface area (Å²) in [6, 6.07) is 4.19. The van der Waals surface area contributed by atoms with Crippen LogP contribution >= 0.6 is 11.8 Å². The lowest BCUT2D eigenvalue weighted by Crippen LogP contribution is -2.50. The molecule has 0 saturated carbocycles. The molecule has 1 aromatic rings. The Hall–Kier alpha value is -0.950. The van der Waals surface area contributed by atoms with Gasteiger partial charge in [0.15, 0.2) is 0 Å². The van der Waals surface area contributed by atoms with Crippen molar-refractivity contribution in [2.24, 2.45) is 0 Å². The summed E-state index contributed by atoms with van der Waals surface area (Å²) in [4.78, 5) is 5.79. The second kappa shape index (κ2) is 9.12. The van der Waals surface area contributed by atoms with E-state index in [9.17, 15) is 0 Å². The average Bonchev–Trinajstić information content (AvgIpc) is 2.62. The van der Waals surface area contributed by atoms with Gasteiger partial charge in [-0.05, 0) is 45.3 Å². The smallest absolute Gasteiger partial charge is 0.132 e. The molecule has 6 heteroatoms. The Morgan fingerprint density at radius 3 is 2.20 bits per heavy atom. The average molecular weight is 369 g/mol. The molecule has 1 aromatic carbocycles. The number of likely N-dealkylation sites (N-methyl/N-ethyl adjacent to an activating group) is 1. The molecule has 0 radical (unpaired) electrons. The van der Waals surface area contributed by atoms with Gasteiger partial charge in [-0.3, -0.25) is 4.90 Å². The van der Waals surface area contributed by atoms with Crippen LogP contribution in [0.25, 0.3) is 0 Å². The molecule has 0 aromatic heterocycles. The second-order valence-corrected chi connectivity index (χ2v) is 7.77. The Morgan fingerprint density at radius 2 is 1.72 bits per heavy atom. The summed E-state index contributed by atoms with van der Waals surface area (Å²) in [6.45, 7) is 3.89. The minimum absolute atomic E-state index is 0.0233. The van der Waals surface area contributed by atoms with E-state index in [0.717, 1.165) is 55.4 Å². The van der Waals surface area contributed by atoms with Gasteiger partial charge < -0.3 is 19.1 Å². The van der Waals surface area contributed by atoms with Crippen molar-refractivity contribution in [3.05, 3.63) is 17.7 Å². The number of likely N-dealkylation sites (tertiary alicyclic amines) is 1. The predicted molar refractivity (Wildman–Crippen MR) is 104 cm³/mol. The van der Waals surface area contributed by atoms with Crippen LogP contribution in [0.2, 0.25) is 0 Å². The van der Waals surface area contributed by atoms with Crippen LogP contribution in [-0.4, -0.2) is 76.7 Å². The minimum atomic E-state index is -0.0233. The van der Waals surface area contributed by atoms with E-state index in [1.807, 2.05) is 7.11 Å². The highest BCUT2D eigenvalue weighted by Gasteiger charge is 2.35. The van der Waals surface area contributed by atoms with Gasteiger partial charge in [0.25, 0.3) is 0 Å². The molecular formula is C19H32N2O3S. The van der Waals surface area contributed by atoms with Gasteiger partial charge in [-0.15, -0.1) is 11.8 Å². The molecule has 0 spiro atoms. The lowest BCUT2D eigenvalue weighted by Gasteiger charge is -2.42. The maximum atomic E-state index is 5.88. The van der Waals surface area contributed by atoms with Crippen molar-refractivity contribution in [2.45, 2.75) is 29.9 Å². The largest absolute Gasteiger partial charge is 0.496 e. The van der Waals surface area contributed by atoms with E-state index in [0.29, 0.717) is 0 Å². The fraction of sp³-hybridized carbons (Fsp3) is 0.684. The summed E-state index contributed by atoms with van der Waals surface area (Å²) in [5.74, 6) is 1.85. The van der Waals surface area contributed by atoms with Crippen LogP contribution in [0.1, 0.15) is 18.4 Å². The number of ether oxygens (including phenoxy) is 3. The Bertz CT molecular complexity index is 558. The molecule has 0 N–H and O–H groups in total. The topological polar surface area (TPSA) is 34.2 Å². The maximum absolute atomic E-state index is 5.88. The summed E-state index contributed by atoms with van der Waals surface area (Å²) < 4.78 is 17.0. The first kappa shape index (κ1) is 20.4. The summed E-state index contributed by atoms with van der Waals surface area (Å²) >= 11 is 1.67. The first-order valence-electron chi connectivity index (χ1n) is 8.68. The summed E-state index contributed by atoms with van der Waals surface area (Å²) in [7, 11) is 9.52. The van der Waals surface area contributed by atoms with Crippen LogP contribution in [0, 0.1) is 0 Å². The van der Waals surface area contributed by atoms with Gasteiger partial charge in [-0.2, -0.15) is 0 Å². The highest BCUT2D eigenvalue weighted by Crippen LogP contribution is 2.36. The van der Waals surface area contributed by atoms with Crippen LogP contribution in [0.5, 0.6) is 11.5 Å². The van der Waals surface area contributed by atoms with Crippen molar-refractivity contribution in [3.8, 4) is 11.5 Å². The molecule has 0 amide bonds. The van der Waals surface area contributed by atoms with Crippen molar-refractivity contribution in [1.82, 2.24) is 9.80 Å². The molecule has 25 heavy (non-hydrogen) atoms. The Labute approximate surface area is 156 Å². The lowest BCUT2D eigenvalue weighted by molar-refractivity contribution is -0.0713. The van der Waals surface area contributed by atoms with E-state index in [1.54, 1.807) is 26.0 Å². The van der Waals surface area contributed by atoms with Crippen molar-refractivity contribution in [3.63, 3.8) is 0 Å². The van der Waals surface area contributed by atoms with E-state index in [4.69, 9.17) is 14.2 Å². The number of hydrogen-bond donors (Lipinski definition) is 0. The van der Waals surface area contributed by atoms with Crippen LogP contribution < -0.4 is 9.47 Å². The van der Waals surface area contributed by atoms with E-state index >= 15 is 0 Å². The molecule has 5 nitrogen and oxygen atoms in total. The molecule has 1 saturated heterocycles. The number of methoxy groups -OCH3 is 3. The number of hydrogen-bond acceptors (Lipinski definition) is 6. The van der Waals surface area contributed by atoms with Gasteiger partial charge in [-0.1, -0.05) is 0 Å². The zero-order chi connectivity index (χ0) is 18.4. The van der Waals surface area contributed by atoms with E-state index in [1.165, 1.54) is 5.56 Å². The van der Waals surface area contributed by atoms with Crippen LogP contribution in [0.3, 0.4) is 0 Å². The monoisotopic (exact) mass is 368 g/mol. The third kappa shape index (κ3) is 5.03. The van der Waals surface area contributed by atoms with Crippen LogP contribution in [0.15, 0.2) is 17.0 Å². The third-order valence-corrected chi connectivity index (χ3v) is 5.74. The standard InChI is InChI=1S/C19H32N2O3S/c1-20(2)14-19(24-5)7-9-21(10-8-19)13-15-11-17(23-4)18(25-6)12-16(15)22-3/h11-12H,7-10,13-14H2,1-6H3. The molecule has 0 aliphatic carbocycles. The van der Waals surface area contributed by atoms with Gasteiger partial charge in [0.1, 0.15) is 11.5 Å². The molecular weight excluding hydrogens is 336 g/mol. The highest BCUT2D eigenvalue weighted by atomic mass is 32.2. The molecule has 1 fully saturated rings. The van der Waals surface area contributed by atoms with Crippen molar-refractivity contribution in [2.75, 3.05) is 61.3 Å². The normalized spacial score (nSPS) is 17.7. The van der Waals surface area contributed by atoms with Gasteiger partial charge in [0.05, 0.1) is 24.7 Å². The Kier molecular flexibility index (Phi) is 7.43. The Morgan fingerprint density at radius 1 is 1.08 bits per heavy atom. The van der Waals surface area contributed by atoms with Gasteiger partial charge in [0, 0.05) is 38.9 Å². The number of benzene rings is 1. The quantitative estimate of drug-likeness (QED) is 0.656. The maximum Gasteiger partial charge on any atom is 0.132 e. The predicted octanol–water partition coefficient (Wildman–Crippen LogP) is 2.97. The molecule has 0 bridgehead atoms. The second-order valence-electron chi connectivity index (χ2n) is 6.92. The van der Waals surface area contributed by atoms with Crippen LogP contribution in [0.4, 0.5) is 0 Å². The highest BCUT2D eigenvalue weighted by molar-refractivity contribution is 7.98. The van der Waals surface area contributed by atoms with Gasteiger partial charge >= 0.3 is 0 Å². The van der Waals surface area contributed by atoms with Crippen molar-refractivity contribution < 1.29 is 14.2 Å². The summed E-state index contributed by atoms with van der Waals surface area (Å²) in [6.07, 6.45) is 4.14. The number of piperidine rings is 1. The fourth-order valence-electron chi connectivity index (χ4n) is 3.58. The zero-order valence-electron chi connectivity index (χ0n) is 16.4. The van der Waals surface area contributed by atoms with E-state index in [2.05, 4.69) is 42.3 Å². The Balaban J connectivity index is 2.08. The summed E-state index contributed by atoms with van der Waals surface area (Å²) in [5.41, 5.74) is 1.15. The lowest BCUT2D eigenvalue weighted by atomic mass is 9.90. The van der Waals surface area contributed by atoms with Crippen molar-refractivity contribution in [1.29, 1.82) is 0 Å². The number of nitrogens with zero attached hydrogens (tertiary/aromatic N) is 2. The number of rotatable bonds is 8. The molecule has 1 heterocycles. The SMILES string of the molecule is COc1cc(SC)c(OC)cc1CN1CCC(CN(C)C)(OC)CC1.